The number of aromatic nitrogens is 2. The van der Waals surface area contributed by atoms with Crippen LogP contribution in [-0.2, 0) is 0 Å². The fourth-order valence-electron chi connectivity index (χ4n) is 1.83. The number of nitrogens with one attached hydrogen (secondary N) is 1. The molecular weight excluding hydrogens is 274 g/mol. The van der Waals surface area contributed by atoms with Crippen LogP contribution in [-0.4, -0.2) is 24.1 Å². The van der Waals surface area contributed by atoms with Crippen LogP contribution in [0.25, 0.3) is 10.2 Å². The Morgan fingerprint density at radius 1 is 1.10 bits per heavy atom. The van der Waals surface area contributed by atoms with Gasteiger partial charge in [0.15, 0.2) is 11.5 Å². The Labute approximate surface area is 120 Å². The van der Waals surface area contributed by atoms with Gasteiger partial charge in [-0.3, -0.25) is 0 Å². The summed E-state index contributed by atoms with van der Waals surface area (Å²) in [5.41, 5.74) is 0. The summed E-state index contributed by atoms with van der Waals surface area (Å²) in [5.74, 6) is 2.35. The van der Waals surface area contributed by atoms with Crippen molar-refractivity contribution in [3.8, 4) is 17.4 Å². The summed E-state index contributed by atoms with van der Waals surface area (Å²) in [6.07, 6.45) is 0. The van der Waals surface area contributed by atoms with E-state index in [2.05, 4.69) is 15.3 Å². The maximum atomic E-state index is 5.91. The average Bonchev–Trinajstić information content (AvgIpc) is 2.96. The van der Waals surface area contributed by atoms with Gasteiger partial charge in [0.2, 0.25) is 11.8 Å². The number of nitrogens with zero attached hydrogens (tertiary/aromatic N) is 2. The molecule has 0 saturated carbocycles. The molecule has 0 aliphatic rings. The van der Waals surface area contributed by atoms with Crippen LogP contribution in [0.5, 0.6) is 17.4 Å². The Morgan fingerprint density at radius 2 is 1.90 bits per heavy atom. The summed E-state index contributed by atoms with van der Waals surface area (Å²) in [7, 11) is 3.39. The van der Waals surface area contributed by atoms with E-state index in [9.17, 15) is 0 Å². The van der Waals surface area contributed by atoms with Crippen molar-refractivity contribution in [2.75, 3.05) is 19.5 Å². The molecule has 2 heterocycles. The summed E-state index contributed by atoms with van der Waals surface area (Å²) in [6, 6.07) is 9.43. The first kappa shape index (κ1) is 12.7. The number of para-hydroxylation sites is 2. The first-order valence-corrected chi connectivity index (χ1v) is 6.93. The minimum atomic E-state index is 0.519. The monoisotopic (exact) mass is 287 g/mol. The number of methoxy groups -OCH3 is 1. The van der Waals surface area contributed by atoms with E-state index in [1.807, 2.05) is 35.7 Å². The lowest BCUT2D eigenvalue weighted by Crippen LogP contribution is -1.99. The molecule has 0 saturated heterocycles. The maximum Gasteiger partial charge on any atom is 0.233 e. The number of thiophene rings is 1. The van der Waals surface area contributed by atoms with E-state index in [0.717, 1.165) is 10.2 Å². The molecule has 5 nitrogen and oxygen atoms in total. The molecule has 20 heavy (non-hydrogen) atoms. The Morgan fingerprint density at radius 3 is 2.65 bits per heavy atom. The molecule has 0 radical (unpaired) electrons. The van der Waals surface area contributed by atoms with Crippen molar-refractivity contribution in [1.29, 1.82) is 0 Å². The summed E-state index contributed by atoms with van der Waals surface area (Å²) in [5, 5.41) is 5.79. The van der Waals surface area contributed by atoms with Gasteiger partial charge < -0.3 is 14.8 Å². The standard InChI is InChI=1S/C14H13N3O2S/c1-15-14-16-12(9-7-8-20-13(9)17-14)19-11-6-4-3-5-10(11)18-2/h3-8H,1-2H3,(H,15,16,17). The van der Waals surface area contributed by atoms with Crippen LogP contribution in [0, 0.1) is 0 Å². The molecule has 0 aliphatic carbocycles. The van der Waals surface area contributed by atoms with Crippen molar-refractivity contribution < 1.29 is 9.47 Å². The van der Waals surface area contributed by atoms with E-state index in [4.69, 9.17) is 9.47 Å². The summed E-state index contributed by atoms with van der Waals surface area (Å²) in [4.78, 5) is 9.64. The Bertz CT molecular complexity index is 742. The second kappa shape index (κ2) is 5.34. The molecule has 102 valence electrons. The number of hydrogen-bond acceptors (Lipinski definition) is 6. The van der Waals surface area contributed by atoms with Crippen LogP contribution in [0.3, 0.4) is 0 Å². The lowest BCUT2D eigenvalue weighted by molar-refractivity contribution is 0.376. The van der Waals surface area contributed by atoms with Crippen LogP contribution in [0.2, 0.25) is 0 Å². The third-order valence-electron chi connectivity index (χ3n) is 2.79. The van der Waals surface area contributed by atoms with Gasteiger partial charge in [-0.2, -0.15) is 4.98 Å². The SMILES string of the molecule is CNc1nc(Oc2ccccc2OC)c2ccsc2n1. The first-order chi connectivity index (χ1) is 9.81. The Hall–Kier alpha value is -2.34. The average molecular weight is 287 g/mol. The highest BCUT2D eigenvalue weighted by Gasteiger charge is 2.12. The zero-order valence-electron chi connectivity index (χ0n) is 11.1. The van der Waals surface area contributed by atoms with Crippen molar-refractivity contribution in [3.05, 3.63) is 35.7 Å². The van der Waals surface area contributed by atoms with Crippen molar-refractivity contribution in [2.45, 2.75) is 0 Å². The van der Waals surface area contributed by atoms with Crippen LogP contribution < -0.4 is 14.8 Å². The smallest absolute Gasteiger partial charge is 0.233 e. The van der Waals surface area contributed by atoms with Crippen molar-refractivity contribution in [3.63, 3.8) is 0 Å². The number of anilines is 1. The summed E-state index contributed by atoms with van der Waals surface area (Å²) in [6.45, 7) is 0. The van der Waals surface area contributed by atoms with Gasteiger partial charge >= 0.3 is 0 Å². The minimum absolute atomic E-state index is 0.519. The van der Waals surface area contributed by atoms with Gasteiger partial charge in [0.05, 0.1) is 12.5 Å². The molecule has 0 aliphatic heterocycles. The number of fused-ring (bicyclic) bond motifs is 1. The molecule has 6 heteroatoms. The Kier molecular flexibility index (Phi) is 3.39. The van der Waals surface area contributed by atoms with E-state index in [-0.39, 0.29) is 0 Å². The molecule has 3 rings (SSSR count). The van der Waals surface area contributed by atoms with Crippen LogP contribution in [0.4, 0.5) is 5.95 Å². The second-order valence-electron chi connectivity index (χ2n) is 3.99. The van der Waals surface area contributed by atoms with Crippen molar-refractivity contribution in [1.82, 2.24) is 9.97 Å². The highest BCUT2D eigenvalue weighted by atomic mass is 32.1. The predicted octanol–water partition coefficient (Wildman–Crippen LogP) is 3.53. The fourth-order valence-corrected chi connectivity index (χ4v) is 2.58. The van der Waals surface area contributed by atoms with Gasteiger partial charge in [0.1, 0.15) is 4.83 Å². The highest BCUT2D eigenvalue weighted by molar-refractivity contribution is 7.16. The van der Waals surface area contributed by atoms with E-state index in [0.29, 0.717) is 23.3 Å². The number of ether oxygens (including phenoxy) is 2. The van der Waals surface area contributed by atoms with Crippen LogP contribution in [0.15, 0.2) is 35.7 Å². The molecular formula is C14H13N3O2S. The van der Waals surface area contributed by atoms with E-state index >= 15 is 0 Å². The quantitative estimate of drug-likeness (QED) is 0.795. The molecule has 1 N–H and O–H groups in total. The van der Waals surface area contributed by atoms with Gasteiger partial charge in [-0.1, -0.05) is 12.1 Å². The van der Waals surface area contributed by atoms with Crippen LogP contribution >= 0.6 is 11.3 Å². The van der Waals surface area contributed by atoms with Gasteiger partial charge in [0, 0.05) is 7.05 Å². The topological polar surface area (TPSA) is 56.3 Å². The minimum Gasteiger partial charge on any atom is -0.493 e. The third-order valence-corrected chi connectivity index (χ3v) is 3.60. The molecule has 1 aromatic carbocycles. The molecule has 0 unspecified atom stereocenters. The molecule has 2 aromatic heterocycles. The molecule has 0 bridgehead atoms. The zero-order valence-corrected chi connectivity index (χ0v) is 11.9. The molecule has 0 atom stereocenters. The highest BCUT2D eigenvalue weighted by Crippen LogP contribution is 2.35. The van der Waals surface area contributed by atoms with Crippen molar-refractivity contribution in [2.24, 2.45) is 0 Å². The van der Waals surface area contributed by atoms with E-state index < -0.39 is 0 Å². The Balaban J connectivity index is 2.07. The summed E-state index contributed by atoms with van der Waals surface area (Å²) >= 11 is 1.55. The molecule has 0 spiro atoms. The van der Waals surface area contributed by atoms with Crippen LogP contribution in [0.1, 0.15) is 0 Å². The molecule has 0 fully saturated rings. The normalized spacial score (nSPS) is 10.5. The van der Waals surface area contributed by atoms with Gasteiger partial charge in [-0.05, 0) is 23.6 Å². The number of hydrogen-bond donors (Lipinski definition) is 1. The van der Waals surface area contributed by atoms with Gasteiger partial charge in [0.25, 0.3) is 0 Å². The second-order valence-corrected chi connectivity index (χ2v) is 4.89. The van der Waals surface area contributed by atoms with E-state index in [1.54, 1.807) is 25.5 Å². The zero-order chi connectivity index (χ0) is 13.9. The molecule has 3 aromatic rings. The third kappa shape index (κ3) is 2.25. The lowest BCUT2D eigenvalue weighted by Gasteiger charge is -2.10. The summed E-state index contributed by atoms with van der Waals surface area (Å²) < 4.78 is 11.2. The predicted molar refractivity (Wildman–Crippen MR) is 80.0 cm³/mol. The maximum absolute atomic E-state index is 5.91. The number of rotatable bonds is 4. The van der Waals surface area contributed by atoms with Crippen molar-refractivity contribution >= 4 is 27.5 Å². The van der Waals surface area contributed by atoms with Gasteiger partial charge in [-0.15, -0.1) is 11.3 Å². The van der Waals surface area contributed by atoms with E-state index in [1.165, 1.54) is 0 Å². The first-order valence-electron chi connectivity index (χ1n) is 6.05. The number of benzene rings is 1. The molecule has 0 amide bonds. The van der Waals surface area contributed by atoms with Gasteiger partial charge in [-0.25, -0.2) is 4.98 Å². The largest absolute Gasteiger partial charge is 0.493 e. The lowest BCUT2D eigenvalue weighted by atomic mass is 10.3. The fraction of sp³-hybridized carbons (Fsp3) is 0.143.